The highest BCUT2D eigenvalue weighted by Gasteiger charge is 2.43. The third kappa shape index (κ3) is 5.15. The Kier molecular flexibility index (Phi) is 7.61. The molecule has 0 saturated carbocycles. The zero-order valence-corrected chi connectivity index (χ0v) is 19.0. The van der Waals surface area contributed by atoms with E-state index in [2.05, 4.69) is 11.9 Å². The van der Waals surface area contributed by atoms with Crippen molar-refractivity contribution in [3.8, 4) is 0 Å². The van der Waals surface area contributed by atoms with Crippen molar-refractivity contribution in [2.75, 3.05) is 23.4 Å². The van der Waals surface area contributed by atoms with Crippen LogP contribution < -0.4 is 10.2 Å². The van der Waals surface area contributed by atoms with Crippen molar-refractivity contribution >= 4 is 58.1 Å². The number of anilines is 2. The molecule has 1 saturated heterocycles. The Hall–Kier alpha value is -3.23. The van der Waals surface area contributed by atoms with Gasteiger partial charge in [0.15, 0.2) is 5.11 Å². The third-order valence-electron chi connectivity index (χ3n) is 4.79. The SMILES string of the molecule is C=CCN1C(=S)N(c2ccc(C(=O)OCC)cc2)C(=O)[C@H]1CC(=O)Nc1ccc(Cl)cc1. The molecule has 1 aliphatic rings. The minimum absolute atomic E-state index is 0.0904. The van der Waals surface area contributed by atoms with Crippen LogP contribution in [0.2, 0.25) is 5.02 Å². The summed E-state index contributed by atoms with van der Waals surface area (Å²) in [6.07, 6.45) is 1.53. The van der Waals surface area contributed by atoms with E-state index in [0.29, 0.717) is 28.5 Å². The molecule has 0 unspecified atom stereocenters. The number of thiocarbonyl (C=S) groups is 1. The number of esters is 1. The molecule has 0 spiro atoms. The molecule has 2 aromatic rings. The lowest BCUT2D eigenvalue weighted by molar-refractivity contribution is -0.124. The molecule has 1 atom stereocenters. The van der Waals surface area contributed by atoms with Crippen LogP contribution in [0.4, 0.5) is 11.4 Å². The number of nitrogens with one attached hydrogen (secondary N) is 1. The number of carbonyl (C=O) groups excluding carboxylic acids is 3. The molecule has 9 heteroatoms. The van der Waals surface area contributed by atoms with Crippen LogP contribution >= 0.6 is 23.8 Å². The monoisotopic (exact) mass is 471 g/mol. The van der Waals surface area contributed by atoms with Crippen molar-refractivity contribution in [1.29, 1.82) is 0 Å². The molecule has 0 radical (unpaired) electrons. The molecule has 2 amide bonds. The third-order valence-corrected chi connectivity index (χ3v) is 5.46. The largest absolute Gasteiger partial charge is 0.462 e. The van der Waals surface area contributed by atoms with E-state index in [1.807, 2.05) is 0 Å². The lowest BCUT2D eigenvalue weighted by atomic mass is 10.1. The van der Waals surface area contributed by atoms with Gasteiger partial charge in [0, 0.05) is 17.3 Å². The molecule has 166 valence electrons. The zero-order valence-electron chi connectivity index (χ0n) is 17.4. The normalized spacial score (nSPS) is 15.6. The Morgan fingerprint density at radius 1 is 1.19 bits per heavy atom. The number of nitrogens with zero attached hydrogens (tertiary/aromatic N) is 2. The van der Waals surface area contributed by atoms with Crippen LogP contribution in [0.1, 0.15) is 23.7 Å². The predicted octanol–water partition coefficient (Wildman–Crippen LogP) is 4.03. The summed E-state index contributed by atoms with van der Waals surface area (Å²) in [5.41, 5.74) is 1.45. The summed E-state index contributed by atoms with van der Waals surface area (Å²) in [7, 11) is 0. The van der Waals surface area contributed by atoms with E-state index in [4.69, 9.17) is 28.6 Å². The number of benzene rings is 2. The summed E-state index contributed by atoms with van der Waals surface area (Å²) in [6.45, 7) is 6.03. The molecule has 3 rings (SSSR count). The zero-order chi connectivity index (χ0) is 23.3. The van der Waals surface area contributed by atoms with Crippen LogP contribution in [0, 0.1) is 0 Å². The maximum atomic E-state index is 13.2. The van der Waals surface area contributed by atoms with Crippen LogP contribution in [-0.2, 0) is 14.3 Å². The minimum atomic E-state index is -0.780. The summed E-state index contributed by atoms with van der Waals surface area (Å²) in [5, 5.41) is 3.59. The van der Waals surface area contributed by atoms with Gasteiger partial charge in [-0.3, -0.25) is 14.5 Å². The standard InChI is InChI=1S/C23H22ClN3O4S/c1-3-13-26-19(14-20(28)25-17-9-7-16(24)8-10-17)21(29)27(23(26)32)18-11-5-15(6-12-18)22(30)31-4-2/h3,5-12,19H,1,4,13-14H2,2H3,(H,25,28)/t19-/m1/s1. The molecule has 1 fully saturated rings. The Morgan fingerprint density at radius 2 is 1.84 bits per heavy atom. The average Bonchev–Trinajstić information content (AvgIpc) is 3.00. The minimum Gasteiger partial charge on any atom is -0.462 e. The van der Waals surface area contributed by atoms with E-state index < -0.39 is 12.0 Å². The van der Waals surface area contributed by atoms with Gasteiger partial charge in [-0.15, -0.1) is 6.58 Å². The summed E-state index contributed by atoms with van der Waals surface area (Å²) < 4.78 is 4.98. The van der Waals surface area contributed by atoms with Crippen LogP contribution in [0.5, 0.6) is 0 Å². The van der Waals surface area contributed by atoms with E-state index in [-0.39, 0.29) is 30.0 Å². The first-order chi connectivity index (χ1) is 15.3. The number of hydrogen-bond acceptors (Lipinski definition) is 5. The summed E-state index contributed by atoms with van der Waals surface area (Å²) in [4.78, 5) is 40.8. The van der Waals surface area contributed by atoms with Gasteiger partial charge in [0.2, 0.25) is 5.91 Å². The van der Waals surface area contributed by atoms with Crippen molar-refractivity contribution < 1.29 is 19.1 Å². The Bertz CT molecular complexity index is 1040. The molecule has 1 N–H and O–H groups in total. The van der Waals surface area contributed by atoms with E-state index in [9.17, 15) is 14.4 Å². The first-order valence-electron chi connectivity index (χ1n) is 9.93. The van der Waals surface area contributed by atoms with Crippen molar-refractivity contribution in [2.24, 2.45) is 0 Å². The summed E-state index contributed by atoms with van der Waals surface area (Å²) in [6, 6.07) is 12.3. The molecular weight excluding hydrogens is 450 g/mol. The number of halogens is 1. The lowest BCUT2D eigenvalue weighted by Gasteiger charge is -2.22. The van der Waals surface area contributed by atoms with Crippen molar-refractivity contribution in [3.63, 3.8) is 0 Å². The van der Waals surface area contributed by atoms with Crippen molar-refractivity contribution in [1.82, 2.24) is 4.90 Å². The number of hydrogen-bond donors (Lipinski definition) is 1. The van der Waals surface area contributed by atoms with Crippen LogP contribution in [0.15, 0.2) is 61.2 Å². The molecule has 1 heterocycles. The molecule has 2 aromatic carbocycles. The first kappa shape index (κ1) is 23.4. The van der Waals surface area contributed by atoms with Crippen LogP contribution in [0.3, 0.4) is 0 Å². The topological polar surface area (TPSA) is 79.0 Å². The fraction of sp³-hybridized carbons (Fsp3) is 0.217. The molecule has 0 bridgehead atoms. The molecule has 0 aromatic heterocycles. The molecule has 7 nitrogen and oxygen atoms in total. The first-order valence-corrected chi connectivity index (χ1v) is 10.7. The number of carbonyl (C=O) groups is 3. The van der Waals surface area contributed by atoms with Gasteiger partial charge in [-0.25, -0.2) is 4.79 Å². The second-order valence-corrected chi connectivity index (χ2v) is 7.74. The summed E-state index contributed by atoms with van der Waals surface area (Å²) in [5.74, 6) is -1.10. The van der Waals surface area contributed by atoms with Gasteiger partial charge in [0.25, 0.3) is 5.91 Å². The fourth-order valence-electron chi connectivity index (χ4n) is 3.30. The highest BCUT2D eigenvalue weighted by atomic mass is 35.5. The van der Waals surface area contributed by atoms with Gasteiger partial charge in [0.1, 0.15) is 6.04 Å². The molecule has 0 aliphatic carbocycles. The predicted molar refractivity (Wildman–Crippen MR) is 128 cm³/mol. The number of amides is 2. The van der Waals surface area contributed by atoms with Gasteiger partial charge in [-0.1, -0.05) is 17.7 Å². The van der Waals surface area contributed by atoms with E-state index in [1.165, 1.54) is 4.90 Å². The molecular formula is C23H22ClN3O4S. The van der Waals surface area contributed by atoms with Crippen molar-refractivity contribution in [3.05, 3.63) is 71.8 Å². The van der Waals surface area contributed by atoms with Crippen LogP contribution in [-0.4, -0.2) is 47.0 Å². The van der Waals surface area contributed by atoms with E-state index >= 15 is 0 Å². The van der Waals surface area contributed by atoms with Gasteiger partial charge < -0.3 is 15.0 Å². The van der Waals surface area contributed by atoms with E-state index in [1.54, 1.807) is 66.4 Å². The second-order valence-electron chi connectivity index (χ2n) is 6.94. The Morgan fingerprint density at radius 3 is 2.44 bits per heavy atom. The smallest absolute Gasteiger partial charge is 0.338 e. The fourth-order valence-corrected chi connectivity index (χ4v) is 3.82. The Balaban J connectivity index is 1.78. The van der Waals surface area contributed by atoms with Gasteiger partial charge >= 0.3 is 5.97 Å². The van der Waals surface area contributed by atoms with E-state index in [0.717, 1.165) is 0 Å². The molecule has 32 heavy (non-hydrogen) atoms. The quantitative estimate of drug-likeness (QED) is 0.355. The van der Waals surface area contributed by atoms with Crippen molar-refractivity contribution in [2.45, 2.75) is 19.4 Å². The number of ether oxygens (including phenoxy) is 1. The van der Waals surface area contributed by atoms with Crippen LogP contribution in [0.25, 0.3) is 0 Å². The maximum Gasteiger partial charge on any atom is 0.338 e. The number of rotatable bonds is 8. The lowest BCUT2D eigenvalue weighted by Crippen LogP contribution is -2.37. The molecule has 1 aliphatic heterocycles. The van der Waals surface area contributed by atoms with Gasteiger partial charge in [-0.2, -0.15) is 0 Å². The average molecular weight is 472 g/mol. The summed E-state index contributed by atoms with van der Waals surface area (Å²) >= 11 is 11.4. The maximum absolute atomic E-state index is 13.2. The highest BCUT2D eigenvalue weighted by Crippen LogP contribution is 2.28. The van der Waals surface area contributed by atoms with Gasteiger partial charge in [-0.05, 0) is 67.7 Å². The van der Waals surface area contributed by atoms with Gasteiger partial charge in [0.05, 0.1) is 24.3 Å². The Labute approximate surface area is 196 Å². The highest BCUT2D eigenvalue weighted by molar-refractivity contribution is 7.80. The second kappa shape index (κ2) is 10.4.